The third kappa shape index (κ3) is 2.30. The Morgan fingerprint density at radius 3 is 2.75 bits per heavy atom. The number of likely N-dealkylation sites (tertiary alicyclic amines) is 1. The Hall–Kier alpha value is -1.63. The van der Waals surface area contributed by atoms with Crippen molar-refractivity contribution >= 4 is 17.6 Å². The van der Waals surface area contributed by atoms with Crippen molar-refractivity contribution in [3.63, 3.8) is 0 Å². The van der Waals surface area contributed by atoms with E-state index in [2.05, 4.69) is 10.5 Å². The van der Waals surface area contributed by atoms with Gasteiger partial charge in [-0.3, -0.25) is 19.8 Å². The first-order valence-corrected chi connectivity index (χ1v) is 5.05. The number of nitrogens with zero attached hydrogens (tertiary/aromatic N) is 2. The number of nitrogens with two attached hydrogens (primary N) is 1. The van der Waals surface area contributed by atoms with Crippen LogP contribution in [-0.2, 0) is 9.59 Å². The van der Waals surface area contributed by atoms with Gasteiger partial charge < -0.3 is 10.9 Å². The highest BCUT2D eigenvalue weighted by Gasteiger charge is 2.37. The van der Waals surface area contributed by atoms with Crippen LogP contribution in [0, 0.1) is 0 Å². The van der Waals surface area contributed by atoms with Crippen LogP contribution < -0.4 is 11.1 Å². The molecule has 0 radical (unpaired) electrons. The zero-order chi connectivity index (χ0) is 12.3. The number of hydrogen-bond donors (Lipinski definition) is 3. The number of oxime groups is 1. The maximum Gasteiger partial charge on any atom is 0.246 e. The monoisotopic (exact) mass is 228 g/mol. The molecule has 0 saturated carbocycles. The molecule has 1 fully saturated rings. The minimum atomic E-state index is -0.581. The predicted molar refractivity (Wildman–Crippen MR) is 56.8 cm³/mol. The Morgan fingerprint density at radius 1 is 1.75 bits per heavy atom. The smallest absolute Gasteiger partial charge is 0.246 e. The Balaban J connectivity index is 2.67. The zero-order valence-electron chi connectivity index (χ0n) is 9.30. The van der Waals surface area contributed by atoms with E-state index in [0.29, 0.717) is 6.42 Å². The molecule has 4 N–H and O–H groups in total. The first kappa shape index (κ1) is 12.4. The molecule has 1 aliphatic heterocycles. The molecule has 7 heteroatoms. The van der Waals surface area contributed by atoms with Gasteiger partial charge in [0.05, 0.1) is 18.5 Å². The fourth-order valence-electron chi connectivity index (χ4n) is 1.61. The summed E-state index contributed by atoms with van der Waals surface area (Å²) in [4.78, 5) is 23.9. The summed E-state index contributed by atoms with van der Waals surface area (Å²) in [6, 6.07) is -0.985. The normalized spacial score (nSPS) is 24.0. The second kappa shape index (κ2) is 4.93. The van der Waals surface area contributed by atoms with Gasteiger partial charge in [-0.15, -0.1) is 0 Å². The quantitative estimate of drug-likeness (QED) is 0.185. The van der Waals surface area contributed by atoms with E-state index in [1.165, 1.54) is 7.05 Å². The molecule has 2 amide bonds. The van der Waals surface area contributed by atoms with Crippen molar-refractivity contribution < 1.29 is 14.8 Å². The summed E-state index contributed by atoms with van der Waals surface area (Å²) >= 11 is 0. The topological polar surface area (TPSA) is 108 Å². The van der Waals surface area contributed by atoms with Crippen LogP contribution in [0.4, 0.5) is 0 Å². The van der Waals surface area contributed by atoms with Gasteiger partial charge in [-0.25, -0.2) is 0 Å². The molecule has 16 heavy (non-hydrogen) atoms. The fraction of sp³-hybridized carbons (Fsp3) is 0.667. The molecule has 0 aliphatic carbocycles. The van der Waals surface area contributed by atoms with Crippen molar-refractivity contribution in [3.05, 3.63) is 0 Å². The third-order valence-electron chi connectivity index (χ3n) is 2.66. The lowest BCUT2D eigenvalue weighted by Gasteiger charge is -2.18. The number of imide groups is 1. The molecular formula is C9H16N4O3. The van der Waals surface area contributed by atoms with Gasteiger partial charge in [-0.2, -0.15) is 0 Å². The molecule has 0 aromatic carbocycles. The molecule has 0 aromatic rings. The summed E-state index contributed by atoms with van der Waals surface area (Å²) in [6.07, 6.45) is 0.683. The molecule has 90 valence electrons. The average Bonchev–Trinajstić information content (AvgIpc) is 2.52. The first-order valence-electron chi connectivity index (χ1n) is 5.05. The molecular weight excluding hydrogens is 212 g/mol. The predicted octanol–water partition coefficient (Wildman–Crippen LogP) is -1.14. The fourth-order valence-corrected chi connectivity index (χ4v) is 1.61. The average molecular weight is 228 g/mol. The summed E-state index contributed by atoms with van der Waals surface area (Å²) in [5, 5.41) is 14.3. The third-order valence-corrected chi connectivity index (χ3v) is 2.66. The maximum absolute atomic E-state index is 11.6. The van der Waals surface area contributed by atoms with Crippen LogP contribution in [0.1, 0.15) is 19.8 Å². The highest BCUT2D eigenvalue weighted by molar-refractivity contribution is 6.05. The lowest BCUT2D eigenvalue weighted by atomic mass is 10.1. The summed E-state index contributed by atoms with van der Waals surface area (Å²) in [7, 11) is 1.44. The van der Waals surface area contributed by atoms with Crippen LogP contribution in [0.5, 0.6) is 0 Å². The van der Waals surface area contributed by atoms with Crippen molar-refractivity contribution in [2.75, 3.05) is 7.05 Å². The minimum Gasteiger partial charge on any atom is -0.409 e. The van der Waals surface area contributed by atoms with Gasteiger partial charge in [0.2, 0.25) is 11.8 Å². The van der Waals surface area contributed by atoms with Crippen LogP contribution in [0.25, 0.3) is 0 Å². The molecule has 0 bridgehead atoms. The number of nitrogens with one attached hydrogen (secondary N) is 1. The van der Waals surface area contributed by atoms with E-state index in [4.69, 9.17) is 10.9 Å². The summed E-state index contributed by atoms with van der Waals surface area (Å²) in [5.41, 5.74) is 5.45. The zero-order valence-corrected chi connectivity index (χ0v) is 9.30. The number of rotatable bonds is 4. The van der Waals surface area contributed by atoms with Crippen LogP contribution in [0.3, 0.4) is 0 Å². The Kier molecular flexibility index (Phi) is 3.83. The summed E-state index contributed by atoms with van der Waals surface area (Å²) in [5.74, 6) is -0.497. The van der Waals surface area contributed by atoms with Gasteiger partial charge in [0.25, 0.3) is 0 Å². The van der Waals surface area contributed by atoms with Gasteiger partial charge in [0.15, 0.2) is 5.84 Å². The standard InChI is InChI=1S/C9H16N4O3/c1-3-5(8(10)12-16)11-6-4-7(14)13(2)9(6)15/h5-6,11,16H,3-4H2,1-2H3,(H2,10,12). The SMILES string of the molecule is CCC(NC1CC(=O)N(C)C1=O)C(N)=NO. The van der Waals surface area contributed by atoms with E-state index in [0.717, 1.165) is 4.90 Å². The lowest BCUT2D eigenvalue weighted by Crippen LogP contribution is -2.48. The van der Waals surface area contributed by atoms with Crippen molar-refractivity contribution in [3.8, 4) is 0 Å². The van der Waals surface area contributed by atoms with Crippen LogP contribution in [-0.4, -0.2) is 46.9 Å². The van der Waals surface area contributed by atoms with Gasteiger partial charge in [0.1, 0.15) is 0 Å². The number of amidine groups is 1. The minimum absolute atomic E-state index is 0.0114. The second-order valence-corrected chi connectivity index (χ2v) is 3.70. The Morgan fingerprint density at radius 2 is 2.38 bits per heavy atom. The van der Waals surface area contributed by atoms with Crippen molar-refractivity contribution in [2.24, 2.45) is 10.9 Å². The first-order chi connectivity index (χ1) is 7.51. The van der Waals surface area contributed by atoms with Crippen LogP contribution in [0.15, 0.2) is 5.16 Å². The second-order valence-electron chi connectivity index (χ2n) is 3.70. The number of amides is 2. The highest BCUT2D eigenvalue weighted by Crippen LogP contribution is 2.11. The molecule has 2 atom stereocenters. The van der Waals surface area contributed by atoms with E-state index in [1.807, 2.05) is 6.92 Å². The molecule has 0 spiro atoms. The van der Waals surface area contributed by atoms with E-state index in [9.17, 15) is 9.59 Å². The van der Waals surface area contributed by atoms with E-state index in [-0.39, 0.29) is 24.1 Å². The van der Waals surface area contributed by atoms with E-state index >= 15 is 0 Å². The number of carbonyl (C=O) groups is 2. The Bertz CT molecular complexity index is 329. The molecule has 1 saturated heterocycles. The lowest BCUT2D eigenvalue weighted by molar-refractivity contribution is -0.137. The Labute approximate surface area is 93.3 Å². The van der Waals surface area contributed by atoms with Gasteiger partial charge in [-0.05, 0) is 6.42 Å². The molecule has 0 aromatic heterocycles. The molecule has 1 heterocycles. The molecule has 2 unspecified atom stereocenters. The van der Waals surface area contributed by atoms with Crippen LogP contribution >= 0.6 is 0 Å². The largest absolute Gasteiger partial charge is 0.409 e. The van der Waals surface area contributed by atoms with Gasteiger partial charge in [-0.1, -0.05) is 12.1 Å². The summed E-state index contributed by atoms with van der Waals surface area (Å²) < 4.78 is 0. The number of likely N-dealkylation sites (N-methyl/N-ethyl adjacent to an activating group) is 1. The number of carbonyl (C=O) groups excluding carboxylic acids is 2. The summed E-state index contributed by atoms with van der Waals surface area (Å²) in [6.45, 7) is 1.83. The highest BCUT2D eigenvalue weighted by atomic mass is 16.4. The molecule has 1 rings (SSSR count). The van der Waals surface area contributed by atoms with Crippen molar-refractivity contribution in [1.82, 2.24) is 10.2 Å². The van der Waals surface area contributed by atoms with Gasteiger partial charge >= 0.3 is 0 Å². The van der Waals surface area contributed by atoms with E-state index in [1.54, 1.807) is 0 Å². The van der Waals surface area contributed by atoms with E-state index < -0.39 is 12.1 Å². The molecule has 1 aliphatic rings. The van der Waals surface area contributed by atoms with Crippen molar-refractivity contribution in [1.29, 1.82) is 0 Å². The van der Waals surface area contributed by atoms with Crippen LogP contribution in [0.2, 0.25) is 0 Å². The van der Waals surface area contributed by atoms with Gasteiger partial charge in [0, 0.05) is 7.05 Å². The molecule has 7 nitrogen and oxygen atoms in total. The number of hydrogen-bond acceptors (Lipinski definition) is 5. The van der Waals surface area contributed by atoms with Crippen molar-refractivity contribution in [2.45, 2.75) is 31.8 Å². The maximum atomic E-state index is 11.6.